The summed E-state index contributed by atoms with van der Waals surface area (Å²) in [6.07, 6.45) is 18.7. The molecule has 4 heteroatoms. The second-order valence-electron chi connectivity index (χ2n) is 14.9. The molecule has 0 amide bonds. The van der Waals surface area contributed by atoms with Gasteiger partial charge in [-0.3, -0.25) is 4.79 Å². The maximum atomic E-state index is 12.6. The first kappa shape index (κ1) is 31.1. The van der Waals surface area contributed by atoms with Gasteiger partial charge < -0.3 is 15.4 Å². The van der Waals surface area contributed by atoms with E-state index in [2.05, 4.69) is 58.3 Å². The molecule has 0 aliphatic heterocycles. The lowest BCUT2D eigenvalue weighted by Crippen LogP contribution is -2.51. The van der Waals surface area contributed by atoms with Crippen LogP contribution in [0.5, 0.6) is 0 Å². The molecule has 224 valence electrons. The van der Waals surface area contributed by atoms with Gasteiger partial charge in [0.2, 0.25) is 0 Å². The molecule has 0 saturated heterocycles. The average molecular weight is 543 g/mol. The van der Waals surface area contributed by atoms with Gasteiger partial charge in [0.05, 0.1) is 6.42 Å². The van der Waals surface area contributed by atoms with E-state index in [0.29, 0.717) is 17.3 Å². The predicted octanol–water partition coefficient (Wildman–Crippen LogP) is 7.92. The number of allylic oxidation sites excluding steroid dienone is 1. The number of hydrogen-bond acceptors (Lipinski definition) is 4. The molecule has 8 atom stereocenters. The van der Waals surface area contributed by atoms with E-state index in [-0.39, 0.29) is 12.1 Å². The minimum Gasteiger partial charge on any atom is -0.462 e. The zero-order chi connectivity index (χ0) is 28.0. The summed E-state index contributed by atoms with van der Waals surface area (Å²) in [4.78, 5) is 12.6. The molecule has 0 spiro atoms. The van der Waals surface area contributed by atoms with Crippen LogP contribution in [0.1, 0.15) is 125 Å². The van der Waals surface area contributed by atoms with Crippen molar-refractivity contribution in [1.82, 2.24) is 10.6 Å². The fourth-order valence-electron chi connectivity index (χ4n) is 9.83. The highest BCUT2D eigenvalue weighted by Gasteiger charge is 2.59. The highest BCUT2D eigenvalue weighted by molar-refractivity contribution is 5.69. The van der Waals surface area contributed by atoms with E-state index in [1.807, 2.05) is 0 Å². The molecule has 0 aromatic carbocycles. The molecule has 4 nitrogen and oxygen atoms in total. The summed E-state index contributed by atoms with van der Waals surface area (Å²) in [5.41, 5.74) is 2.49. The average Bonchev–Trinajstić information content (AvgIpc) is 3.25. The summed E-state index contributed by atoms with van der Waals surface area (Å²) in [5.74, 6) is 5.21. The van der Waals surface area contributed by atoms with Crippen LogP contribution in [0.25, 0.3) is 0 Å². The molecule has 0 aromatic rings. The summed E-state index contributed by atoms with van der Waals surface area (Å²) in [6.45, 7) is 18.4. The molecule has 4 rings (SSSR count). The highest BCUT2D eigenvalue weighted by Crippen LogP contribution is 2.67. The molecule has 0 bridgehead atoms. The van der Waals surface area contributed by atoms with Crippen molar-refractivity contribution < 1.29 is 9.53 Å². The summed E-state index contributed by atoms with van der Waals surface area (Å²) in [6, 6.07) is 0. The number of nitrogens with one attached hydrogen (secondary N) is 2. The third-order valence-corrected chi connectivity index (χ3v) is 12.0. The number of carbonyl (C=O) groups excluding carboxylic acids is 1. The number of fused-ring (bicyclic) bond motifs is 5. The van der Waals surface area contributed by atoms with Gasteiger partial charge in [-0.15, -0.1) is 0 Å². The van der Waals surface area contributed by atoms with E-state index in [1.54, 1.807) is 5.57 Å². The van der Waals surface area contributed by atoms with E-state index in [1.165, 1.54) is 57.8 Å². The lowest BCUT2D eigenvalue weighted by Gasteiger charge is -2.58. The second-order valence-corrected chi connectivity index (χ2v) is 14.9. The van der Waals surface area contributed by atoms with Crippen LogP contribution in [0, 0.1) is 46.3 Å². The summed E-state index contributed by atoms with van der Waals surface area (Å²) >= 11 is 0. The molecule has 39 heavy (non-hydrogen) atoms. The number of hydrogen-bond donors (Lipinski definition) is 2. The second kappa shape index (κ2) is 13.9. The SMILES string of the molecule is CCNCCCNCCC(=O)OC1CC[C@@]2(C)C(=CCC3C2CC[C@@]2(C)C3CC[C@@H]2[C@H](C)CCCC(C)C)C1. The fraction of sp³-hybridized carbons (Fsp3) is 0.914. The molecule has 4 aliphatic carbocycles. The van der Waals surface area contributed by atoms with Crippen LogP contribution >= 0.6 is 0 Å². The molecule has 4 unspecified atom stereocenters. The van der Waals surface area contributed by atoms with E-state index >= 15 is 0 Å². The monoisotopic (exact) mass is 542 g/mol. The van der Waals surface area contributed by atoms with E-state index in [9.17, 15) is 4.79 Å². The molecular formula is C35H62N2O2. The largest absolute Gasteiger partial charge is 0.462 e. The minimum absolute atomic E-state index is 0.0231. The van der Waals surface area contributed by atoms with Gasteiger partial charge >= 0.3 is 5.97 Å². The number of rotatable bonds is 14. The maximum Gasteiger partial charge on any atom is 0.307 e. The third-order valence-electron chi connectivity index (χ3n) is 12.0. The molecule has 0 radical (unpaired) electrons. The van der Waals surface area contributed by atoms with E-state index in [0.717, 1.165) is 80.9 Å². The van der Waals surface area contributed by atoms with Gasteiger partial charge in [-0.1, -0.05) is 72.5 Å². The Kier molecular flexibility index (Phi) is 11.0. The summed E-state index contributed by atoms with van der Waals surface area (Å²) in [5, 5.41) is 6.72. The quantitative estimate of drug-likeness (QED) is 0.133. The van der Waals surface area contributed by atoms with Crippen LogP contribution in [0.15, 0.2) is 11.6 Å². The van der Waals surface area contributed by atoms with E-state index in [4.69, 9.17) is 4.74 Å². The Morgan fingerprint density at radius 1 is 0.974 bits per heavy atom. The van der Waals surface area contributed by atoms with Crippen molar-refractivity contribution in [3.63, 3.8) is 0 Å². The molecule has 2 N–H and O–H groups in total. The van der Waals surface area contributed by atoms with Crippen molar-refractivity contribution in [2.45, 2.75) is 131 Å². The van der Waals surface area contributed by atoms with Crippen molar-refractivity contribution in [3.05, 3.63) is 11.6 Å². The molecule has 3 fully saturated rings. The van der Waals surface area contributed by atoms with Crippen molar-refractivity contribution >= 4 is 5.97 Å². The number of esters is 1. The van der Waals surface area contributed by atoms with Crippen molar-refractivity contribution in [3.8, 4) is 0 Å². The topological polar surface area (TPSA) is 50.4 Å². The smallest absolute Gasteiger partial charge is 0.307 e. The van der Waals surface area contributed by atoms with E-state index < -0.39 is 0 Å². The van der Waals surface area contributed by atoms with Gasteiger partial charge in [0.25, 0.3) is 0 Å². The Balaban J connectivity index is 1.29. The lowest BCUT2D eigenvalue weighted by molar-refractivity contribution is -0.151. The first-order valence-electron chi connectivity index (χ1n) is 17.0. The van der Waals surface area contributed by atoms with Crippen LogP contribution in [0.4, 0.5) is 0 Å². The molecule has 3 saturated carbocycles. The molecule has 0 aromatic heterocycles. The molecular weight excluding hydrogens is 480 g/mol. The minimum atomic E-state index is -0.0231. The van der Waals surface area contributed by atoms with Gasteiger partial charge in [0.15, 0.2) is 0 Å². The zero-order valence-corrected chi connectivity index (χ0v) is 26.5. The Hall–Kier alpha value is -0.870. The normalized spacial score (nSPS) is 36.6. The van der Waals surface area contributed by atoms with Gasteiger partial charge in [-0.05, 0) is 117 Å². The predicted molar refractivity (Wildman–Crippen MR) is 164 cm³/mol. The van der Waals surface area contributed by atoms with Crippen molar-refractivity contribution in [2.75, 3.05) is 26.2 Å². The zero-order valence-electron chi connectivity index (χ0n) is 26.5. The summed E-state index contributed by atoms with van der Waals surface area (Å²) < 4.78 is 6.01. The standard InChI is InChI=1S/C35H62N2O2/c1-7-36-21-9-22-37-23-18-33(38)39-28-16-19-34(5)27(24-28)12-13-29-31-15-14-30(26(4)11-8-10-25(2)3)35(31,6)20-17-32(29)34/h12,25-26,28-32,36-37H,7-11,13-24H2,1-6H3/t26-,28?,29?,30-,31?,32?,34+,35-/m1/s1. The van der Waals surface area contributed by atoms with Crippen molar-refractivity contribution in [1.29, 1.82) is 0 Å². The Bertz CT molecular complexity index is 823. The van der Waals surface area contributed by atoms with Gasteiger partial charge in [-0.25, -0.2) is 0 Å². The first-order chi connectivity index (χ1) is 18.7. The fourth-order valence-corrected chi connectivity index (χ4v) is 9.83. The first-order valence-corrected chi connectivity index (χ1v) is 17.0. The van der Waals surface area contributed by atoms with Gasteiger partial charge in [0.1, 0.15) is 6.10 Å². The number of ether oxygens (including phenoxy) is 1. The van der Waals surface area contributed by atoms with Crippen LogP contribution in [0.3, 0.4) is 0 Å². The Morgan fingerprint density at radius 2 is 1.77 bits per heavy atom. The van der Waals surface area contributed by atoms with Crippen molar-refractivity contribution in [2.24, 2.45) is 46.3 Å². The Morgan fingerprint density at radius 3 is 2.54 bits per heavy atom. The maximum absolute atomic E-state index is 12.6. The van der Waals surface area contributed by atoms with Crippen LogP contribution < -0.4 is 10.6 Å². The molecule has 4 aliphatic rings. The van der Waals surface area contributed by atoms with Crippen LogP contribution in [-0.2, 0) is 9.53 Å². The van der Waals surface area contributed by atoms with Gasteiger partial charge in [-0.2, -0.15) is 0 Å². The van der Waals surface area contributed by atoms with Crippen LogP contribution in [0.2, 0.25) is 0 Å². The lowest BCUT2D eigenvalue weighted by atomic mass is 9.47. The number of carbonyl (C=O) groups is 1. The van der Waals surface area contributed by atoms with Crippen LogP contribution in [-0.4, -0.2) is 38.3 Å². The summed E-state index contributed by atoms with van der Waals surface area (Å²) in [7, 11) is 0. The third kappa shape index (κ3) is 7.14. The van der Waals surface area contributed by atoms with Gasteiger partial charge in [0, 0.05) is 13.0 Å². The highest BCUT2D eigenvalue weighted by atomic mass is 16.5. The Labute approximate surface area is 241 Å². The molecule has 0 heterocycles.